The summed E-state index contributed by atoms with van der Waals surface area (Å²) in [5.41, 5.74) is 0. The van der Waals surface area contributed by atoms with E-state index in [0.717, 1.165) is 34.6 Å². The minimum Gasteiger partial charge on any atom is -0.462 e. The topological polar surface area (TPSA) is 132 Å². The molecule has 4 atom stereocenters. The smallest absolute Gasteiger partial charge is 0.303 e. The van der Waals surface area contributed by atoms with E-state index >= 15 is 0 Å². The van der Waals surface area contributed by atoms with Crippen molar-refractivity contribution < 1.29 is 47.7 Å². The molecule has 0 aromatic carbocycles. The Morgan fingerprint density at radius 1 is 0.643 bits per heavy atom. The molecule has 158 valence electrons. The SMILES string of the molecule is CC(=O)OC[C@@H](OC(C)=O)[C@@H](OC(C)=O)[C@H](OC(C)=O)[C@@H](OC(C)=O)C(C)=S. The molecule has 0 unspecified atom stereocenters. The number of esters is 5. The summed E-state index contributed by atoms with van der Waals surface area (Å²) in [5.74, 6) is -3.82. The number of hydrogen-bond donors (Lipinski definition) is 0. The Balaban J connectivity index is 6.18. The zero-order valence-corrected chi connectivity index (χ0v) is 17.3. The molecule has 0 heterocycles. The van der Waals surface area contributed by atoms with E-state index in [1.54, 1.807) is 0 Å². The maximum Gasteiger partial charge on any atom is 0.303 e. The molecule has 0 amide bonds. The van der Waals surface area contributed by atoms with Gasteiger partial charge in [0, 0.05) is 39.5 Å². The number of thiocarbonyl (C=S) groups is 1. The Bertz CT molecular complexity index is 629. The van der Waals surface area contributed by atoms with Gasteiger partial charge in [0.1, 0.15) is 6.61 Å². The van der Waals surface area contributed by atoms with Gasteiger partial charge in [0.25, 0.3) is 0 Å². The van der Waals surface area contributed by atoms with Crippen LogP contribution in [0.3, 0.4) is 0 Å². The molecule has 0 fully saturated rings. The van der Waals surface area contributed by atoms with E-state index in [4.69, 9.17) is 35.9 Å². The molecule has 0 aliphatic heterocycles. The molecule has 28 heavy (non-hydrogen) atoms. The van der Waals surface area contributed by atoms with Crippen molar-refractivity contribution in [1.82, 2.24) is 0 Å². The maximum atomic E-state index is 11.6. The number of hydrogen-bond acceptors (Lipinski definition) is 11. The molecular formula is C17H24O10S. The lowest BCUT2D eigenvalue weighted by Gasteiger charge is -2.35. The van der Waals surface area contributed by atoms with E-state index in [0.29, 0.717) is 0 Å². The lowest BCUT2D eigenvalue weighted by atomic mass is 10.00. The monoisotopic (exact) mass is 420 g/mol. The molecule has 0 aromatic heterocycles. The first-order valence-electron chi connectivity index (χ1n) is 8.17. The van der Waals surface area contributed by atoms with Crippen LogP contribution in [0.25, 0.3) is 0 Å². The normalized spacial score (nSPS) is 14.5. The Hall–Kier alpha value is -2.56. The van der Waals surface area contributed by atoms with E-state index < -0.39 is 60.9 Å². The lowest BCUT2D eigenvalue weighted by Crippen LogP contribution is -2.54. The third-order valence-corrected chi connectivity index (χ3v) is 3.29. The van der Waals surface area contributed by atoms with Crippen molar-refractivity contribution in [2.75, 3.05) is 6.61 Å². The second kappa shape index (κ2) is 12.0. The van der Waals surface area contributed by atoms with Crippen molar-refractivity contribution in [2.45, 2.75) is 66.0 Å². The number of carbonyl (C=O) groups excluding carboxylic acids is 5. The first kappa shape index (κ1) is 25.4. The van der Waals surface area contributed by atoms with Crippen molar-refractivity contribution in [3.63, 3.8) is 0 Å². The fourth-order valence-electron chi connectivity index (χ4n) is 2.21. The fraction of sp³-hybridized carbons (Fsp3) is 0.647. The fourth-order valence-corrected chi connectivity index (χ4v) is 2.39. The first-order valence-corrected chi connectivity index (χ1v) is 8.58. The van der Waals surface area contributed by atoms with Crippen molar-refractivity contribution in [2.24, 2.45) is 0 Å². The predicted molar refractivity (Wildman–Crippen MR) is 97.1 cm³/mol. The van der Waals surface area contributed by atoms with E-state index in [1.165, 1.54) is 6.92 Å². The molecule has 0 aromatic rings. The number of ether oxygens (including phenoxy) is 5. The largest absolute Gasteiger partial charge is 0.462 e. The van der Waals surface area contributed by atoms with Crippen LogP contribution in [0.4, 0.5) is 0 Å². The summed E-state index contributed by atoms with van der Waals surface area (Å²) in [5, 5.41) is 0. The molecule has 0 aliphatic carbocycles. The highest BCUT2D eigenvalue weighted by Gasteiger charge is 2.44. The first-order chi connectivity index (χ1) is 12.8. The third kappa shape index (κ3) is 9.95. The minimum atomic E-state index is -1.48. The van der Waals surface area contributed by atoms with Crippen LogP contribution in [0, 0.1) is 0 Å². The van der Waals surface area contributed by atoms with Crippen molar-refractivity contribution in [1.29, 1.82) is 0 Å². The Morgan fingerprint density at radius 2 is 1.07 bits per heavy atom. The molecular weight excluding hydrogens is 396 g/mol. The van der Waals surface area contributed by atoms with Crippen molar-refractivity contribution in [3.8, 4) is 0 Å². The Morgan fingerprint density at radius 3 is 1.43 bits per heavy atom. The van der Waals surface area contributed by atoms with Crippen LogP contribution in [0.1, 0.15) is 41.5 Å². The zero-order valence-electron chi connectivity index (χ0n) is 16.5. The van der Waals surface area contributed by atoms with Gasteiger partial charge in [0.2, 0.25) is 0 Å². The summed E-state index contributed by atoms with van der Waals surface area (Å²) in [6.45, 7) is 6.39. The molecule has 0 N–H and O–H groups in total. The quantitative estimate of drug-likeness (QED) is 0.280. The summed E-state index contributed by atoms with van der Waals surface area (Å²) in [7, 11) is 0. The van der Waals surface area contributed by atoms with E-state index in [9.17, 15) is 24.0 Å². The standard InChI is InChI=1S/C17H24O10S/c1-8(28)15(25-11(4)20)17(27-13(6)22)16(26-12(5)21)14(24-10(3)19)7-23-9(2)18/h14-17H,7H2,1-6H3/t14-,15+,16-,17-/m1/s1. The molecule has 0 radical (unpaired) electrons. The maximum absolute atomic E-state index is 11.6. The van der Waals surface area contributed by atoms with Gasteiger partial charge in [-0.15, -0.1) is 0 Å². The second-order valence-corrected chi connectivity index (χ2v) is 6.38. The lowest BCUT2D eigenvalue weighted by molar-refractivity contribution is -0.197. The summed E-state index contributed by atoms with van der Waals surface area (Å²) in [6.07, 6.45) is -5.59. The van der Waals surface area contributed by atoms with Crippen LogP contribution < -0.4 is 0 Å². The molecule has 0 saturated heterocycles. The Kier molecular flexibility index (Phi) is 10.9. The molecule has 0 spiro atoms. The highest BCUT2D eigenvalue weighted by Crippen LogP contribution is 2.21. The summed E-state index contributed by atoms with van der Waals surface area (Å²) < 4.78 is 25.4. The van der Waals surface area contributed by atoms with E-state index in [2.05, 4.69) is 0 Å². The van der Waals surface area contributed by atoms with Gasteiger partial charge >= 0.3 is 29.8 Å². The van der Waals surface area contributed by atoms with Crippen LogP contribution in [0.15, 0.2) is 0 Å². The van der Waals surface area contributed by atoms with Gasteiger partial charge in [-0.25, -0.2) is 0 Å². The number of carbonyl (C=O) groups is 5. The summed E-state index contributed by atoms with van der Waals surface area (Å²) in [6, 6.07) is 0. The summed E-state index contributed by atoms with van der Waals surface area (Å²) >= 11 is 5.08. The molecule has 11 heteroatoms. The molecule has 0 aliphatic rings. The molecule has 0 rings (SSSR count). The Labute approximate surface area is 167 Å². The predicted octanol–water partition coefficient (Wildman–Crippen LogP) is 0.666. The average Bonchev–Trinajstić information content (AvgIpc) is 2.51. The summed E-state index contributed by atoms with van der Waals surface area (Å²) in [4.78, 5) is 57.5. The third-order valence-electron chi connectivity index (χ3n) is 3.05. The van der Waals surface area contributed by atoms with Crippen molar-refractivity contribution >= 4 is 46.9 Å². The minimum absolute atomic E-state index is 0.104. The van der Waals surface area contributed by atoms with Gasteiger partial charge < -0.3 is 23.7 Å². The van der Waals surface area contributed by atoms with Gasteiger partial charge in [-0.2, -0.15) is 0 Å². The molecule has 10 nitrogen and oxygen atoms in total. The van der Waals surface area contributed by atoms with Gasteiger partial charge in [0.15, 0.2) is 24.4 Å². The van der Waals surface area contributed by atoms with Crippen LogP contribution in [0.2, 0.25) is 0 Å². The van der Waals surface area contributed by atoms with Crippen LogP contribution in [-0.2, 0) is 47.7 Å². The van der Waals surface area contributed by atoms with E-state index in [1.807, 2.05) is 0 Å². The van der Waals surface area contributed by atoms with Crippen LogP contribution >= 0.6 is 12.2 Å². The number of rotatable bonds is 10. The highest BCUT2D eigenvalue weighted by atomic mass is 32.1. The van der Waals surface area contributed by atoms with Crippen LogP contribution in [0.5, 0.6) is 0 Å². The van der Waals surface area contributed by atoms with Gasteiger partial charge in [-0.1, -0.05) is 12.2 Å². The molecule has 0 saturated carbocycles. The zero-order chi connectivity index (χ0) is 22.0. The van der Waals surface area contributed by atoms with Gasteiger partial charge in [0.05, 0.1) is 0 Å². The van der Waals surface area contributed by atoms with Gasteiger partial charge in [-0.3, -0.25) is 24.0 Å². The second-order valence-electron chi connectivity index (χ2n) is 5.74. The highest BCUT2D eigenvalue weighted by molar-refractivity contribution is 7.80. The van der Waals surface area contributed by atoms with Crippen molar-refractivity contribution in [3.05, 3.63) is 0 Å². The van der Waals surface area contributed by atoms with E-state index in [-0.39, 0.29) is 4.86 Å². The molecule has 0 bridgehead atoms. The van der Waals surface area contributed by atoms with Gasteiger partial charge in [-0.05, 0) is 6.92 Å². The van der Waals surface area contributed by atoms with Crippen LogP contribution in [-0.4, -0.2) is 65.7 Å². The average molecular weight is 420 g/mol.